The van der Waals surface area contributed by atoms with Crippen LogP contribution in [-0.4, -0.2) is 9.13 Å². The third kappa shape index (κ3) is 2.49. The van der Waals surface area contributed by atoms with Crippen molar-refractivity contribution in [2.24, 2.45) is 14.1 Å². The standard InChI is InChI=1S/C31H28N2/c1-19-21(23-12-5-4-11-22(23)20-9-8-10-20)15-16-28-31(19)26-18-29-25(17-30(26)33(28)3)24-13-6-7-14-27(24)32(29)2/h4-7,11-18,20H,8-10H2,1-3H3. The molecule has 1 aliphatic rings. The van der Waals surface area contributed by atoms with Crippen LogP contribution >= 0.6 is 0 Å². The van der Waals surface area contributed by atoms with Gasteiger partial charge in [-0.3, -0.25) is 0 Å². The van der Waals surface area contributed by atoms with Crippen molar-refractivity contribution >= 4 is 43.6 Å². The summed E-state index contributed by atoms with van der Waals surface area (Å²) in [6, 6.07) is 27.3. The van der Waals surface area contributed by atoms with Crippen LogP contribution in [0.15, 0.2) is 72.8 Å². The molecule has 2 aromatic heterocycles. The molecule has 4 aromatic carbocycles. The number of nitrogens with zero attached hydrogens (tertiary/aromatic N) is 2. The molecular formula is C31H28N2. The minimum absolute atomic E-state index is 0.722. The number of rotatable bonds is 2. The Morgan fingerprint density at radius 3 is 2.15 bits per heavy atom. The molecule has 1 fully saturated rings. The summed E-state index contributed by atoms with van der Waals surface area (Å²) in [6.45, 7) is 2.32. The summed E-state index contributed by atoms with van der Waals surface area (Å²) in [6.07, 6.45) is 4.01. The molecule has 2 nitrogen and oxygen atoms in total. The Morgan fingerprint density at radius 1 is 0.636 bits per heavy atom. The topological polar surface area (TPSA) is 9.86 Å². The highest BCUT2D eigenvalue weighted by molar-refractivity contribution is 6.19. The second-order valence-electron chi connectivity index (χ2n) is 9.87. The first-order valence-electron chi connectivity index (χ1n) is 12.1. The van der Waals surface area contributed by atoms with Gasteiger partial charge in [-0.05, 0) is 72.2 Å². The number of para-hydroxylation sites is 1. The van der Waals surface area contributed by atoms with E-state index in [1.807, 2.05) is 0 Å². The summed E-state index contributed by atoms with van der Waals surface area (Å²) in [5, 5.41) is 5.40. The van der Waals surface area contributed by atoms with Crippen molar-refractivity contribution in [1.29, 1.82) is 0 Å². The molecule has 0 radical (unpaired) electrons. The number of benzene rings is 4. The van der Waals surface area contributed by atoms with Crippen molar-refractivity contribution in [3.63, 3.8) is 0 Å². The fourth-order valence-electron chi connectivity index (χ4n) is 6.23. The maximum Gasteiger partial charge on any atom is 0.0496 e. The van der Waals surface area contributed by atoms with Gasteiger partial charge in [0.1, 0.15) is 0 Å². The van der Waals surface area contributed by atoms with E-state index in [4.69, 9.17) is 0 Å². The van der Waals surface area contributed by atoms with E-state index in [0.29, 0.717) is 0 Å². The lowest BCUT2D eigenvalue weighted by Gasteiger charge is -2.28. The largest absolute Gasteiger partial charge is 0.344 e. The van der Waals surface area contributed by atoms with Gasteiger partial charge in [0.05, 0.1) is 0 Å². The van der Waals surface area contributed by atoms with Crippen molar-refractivity contribution in [2.45, 2.75) is 32.1 Å². The van der Waals surface area contributed by atoms with Crippen LogP contribution in [0, 0.1) is 6.92 Å². The maximum absolute atomic E-state index is 2.42. The highest BCUT2D eigenvalue weighted by Crippen LogP contribution is 2.44. The highest BCUT2D eigenvalue weighted by Gasteiger charge is 2.24. The predicted octanol–water partition coefficient (Wildman–Crippen LogP) is 8.22. The lowest BCUT2D eigenvalue weighted by Crippen LogP contribution is -2.10. The van der Waals surface area contributed by atoms with Crippen LogP contribution in [0.2, 0.25) is 0 Å². The Labute approximate surface area is 194 Å². The van der Waals surface area contributed by atoms with Gasteiger partial charge in [-0.2, -0.15) is 0 Å². The van der Waals surface area contributed by atoms with E-state index in [2.05, 4.69) is 103 Å². The van der Waals surface area contributed by atoms with Gasteiger partial charge >= 0.3 is 0 Å². The van der Waals surface area contributed by atoms with E-state index in [1.54, 1.807) is 0 Å². The molecule has 0 unspecified atom stereocenters. The molecule has 2 heterocycles. The number of fused-ring (bicyclic) bond motifs is 6. The van der Waals surface area contributed by atoms with Crippen molar-refractivity contribution in [3.8, 4) is 11.1 Å². The van der Waals surface area contributed by atoms with Gasteiger partial charge < -0.3 is 9.13 Å². The molecule has 1 aliphatic carbocycles. The number of aryl methyl sites for hydroxylation is 3. The molecule has 162 valence electrons. The third-order valence-corrected chi connectivity index (χ3v) is 8.26. The average Bonchev–Trinajstić information content (AvgIpc) is 3.25. The van der Waals surface area contributed by atoms with Crippen LogP contribution in [0.4, 0.5) is 0 Å². The summed E-state index contributed by atoms with van der Waals surface area (Å²) in [5.74, 6) is 0.722. The summed E-state index contributed by atoms with van der Waals surface area (Å²) in [7, 11) is 4.40. The molecule has 0 amide bonds. The van der Waals surface area contributed by atoms with E-state index in [0.717, 1.165) is 5.92 Å². The van der Waals surface area contributed by atoms with Crippen molar-refractivity contribution in [2.75, 3.05) is 0 Å². The van der Waals surface area contributed by atoms with Crippen molar-refractivity contribution in [1.82, 2.24) is 9.13 Å². The normalized spacial score (nSPS) is 14.6. The Bertz CT molecular complexity index is 1720. The number of aromatic nitrogens is 2. The maximum atomic E-state index is 2.42. The summed E-state index contributed by atoms with van der Waals surface area (Å²) < 4.78 is 4.72. The SMILES string of the molecule is Cc1c(-c2ccccc2C2CCC2)ccc2c1c1cc3c(cc1n2C)c1ccccc1n3C. The molecular weight excluding hydrogens is 400 g/mol. The second kappa shape index (κ2) is 6.74. The van der Waals surface area contributed by atoms with Crippen LogP contribution in [0.25, 0.3) is 54.7 Å². The molecule has 33 heavy (non-hydrogen) atoms. The zero-order valence-corrected chi connectivity index (χ0v) is 19.5. The molecule has 1 saturated carbocycles. The fourth-order valence-corrected chi connectivity index (χ4v) is 6.23. The Kier molecular flexibility index (Phi) is 3.88. The van der Waals surface area contributed by atoms with Gasteiger partial charge in [0, 0.05) is 57.7 Å². The predicted molar refractivity (Wildman–Crippen MR) is 141 cm³/mol. The highest BCUT2D eigenvalue weighted by atomic mass is 15.0. The summed E-state index contributed by atoms with van der Waals surface area (Å²) in [5.41, 5.74) is 10.9. The van der Waals surface area contributed by atoms with Gasteiger partial charge in [-0.15, -0.1) is 0 Å². The Hall–Kier alpha value is -3.52. The van der Waals surface area contributed by atoms with E-state index < -0.39 is 0 Å². The molecule has 0 spiro atoms. The minimum Gasteiger partial charge on any atom is -0.344 e. The van der Waals surface area contributed by atoms with Gasteiger partial charge in [-0.1, -0.05) is 55.0 Å². The van der Waals surface area contributed by atoms with Crippen LogP contribution < -0.4 is 0 Å². The Morgan fingerprint density at radius 2 is 1.33 bits per heavy atom. The summed E-state index contributed by atoms with van der Waals surface area (Å²) >= 11 is 0. The molecule has 0 N–H and O–H groups in total. The molecule has 7 rings (SSSR count). The lowest BCUT2D eigenvalue weighted by molar-refractivity contribution is 0.420. The van der Waals surface area contributed by atoms with E-state index >= 15 is 0 Å². The molecule has 2 heteroatoms. The van der Waals surface area contributed by atoms with Gasteiger partial charge in [-0.25, -0.2) is 0 Å². The fraction of sp³-hybridized carbons (Fsp3) is 0.226. The van der Waals surface area contributed by atoms with Crippen LogP contribution in [-0.2, 0) is 14.1 Å². The van der Waals surface area contributed by atoms with Gasteiger partial charge in [0.25, 0.3) is 0 Å². The van der Waals surface area contributed by atoms with Crippen molar-refractivity contribution in [3.05, 3.63) is 83.9 Å². The first kappa shape index (κ1) is 19.0. The molecule has 0 aliphatic heterocycles. The number of hydrogen-bond acceptors (Lipinski definition) is 0. The van der Waals surface area contributed by atoms with E-state index in [-0.39, 0.29) is 0 Å². The average molecular weight is 429 g/mol. The summed E-state index contributed by atoms with van der Waals surface area (Å²) in [4.78, 5) is 0. The first-order chi connectivity index (χ1) is 16.1. The van der Waals surface area contributed by atoms with Gasteiger partial charge in [0.15, 0.2) is 0 Å². The monoisotopic (exact) mass is 428 g/mol. The van der Waals surface area contributed by atoms with Crippen LogP contribution in [0.3, 0.4) is 0 Å². The third-order valence-electron chi connectivity index (χ3n) is 8.26. The second-order valence-corrected chi connectivity index (χ2v) is 9.87. The van der Waals surface area contributed by atoms with E-state index in [9.17, 15) is 0 Å². The van der Waals surface area contributed by atoms with Crippen molar-refractivity contribution < 1.29 is 0 Å². The molecule has 0 saturated heterocycles. The Balaban J connectivity index is 1.56. The van der Waals surface area contributed by atoms with Crippen LogP contribution in [0.1, 0.15) is 36.3 Å². The molecule has 6 aromatic rings. The first-order valence-corrected chi connectivity index (χ1v) is 12.1. The molecule has 0 bridgehead atoms. The molecule has 0 atom stereocenters. The quantitative estimate of drug-likeness (QED) is 0.263. The minimum atomic E-state index is 0.722. The van der Waals surface area contributed by atoms with E-state index in [1.165, 1.54) is 85.1 Å². The smallest absolute Gasteiger partial charge is 0.0496 e. The van der Waals surface area contributed by atoms with Gasteiger partial charge in [0.2, 0.25) is 0 Å². The number of hydrogen-bond donors (Lipinski definition) is 0. The zero-order valence-electron chi connectivity index (χ0n) is 19.5. The lowest BCUT2D eigenvalue weighted by atomic mass is 9.76. The zero-order chi connectivity index (χ0) is 22.3. The van der Waals surface area contributed by atoms with Crippen LogP contribution in [0.5, 0.6) is 0 Å².